The second-order valence-electron chi connectivity index (χ2n) is 6.53. The highest BCUT2D eigenvalue weighted by Gasteiger charge is 2.20. The van der Waals surface area contributed by atoms with Gasteiger partial charge in [-0.3, -0.25) is 13.9 Å². The van der Waals surface area contributed by atoms with Crippen molar-refractivity contribution >= 4 is 39.3 Å². The van der Waals surface area contributed by atoms with E-state index >= 15 is 0 Å². The van der Waals surface area contributed by atoms with Crippen LogP contribution in [-0.2, 0) is 14.1 Å². The minimum Gasteiger partial charge on any atom is -0.496 e. The molecular formula is C18H21BrN6O3. The van der Waals surface area contributed by atoms with Crippen LogP contribution in [0.25, 0.3) is 11.2 Å². The Morgan fingerprint density at radius 1 is 1.25 bits per heavy atom. The Morgan fingerprint density at radius 3 is 2.61 bits per heavy atom. The minimum atomic E-state index is -0.431. The molecule has 10 heteroatoms. The molecule has 28 heavy (non-hydrogen) atoms. The van der Waals surface area contributed by atoms with Crippen molar-refractivity contribution in [1.82, 2.24) is 18.7 Å². The van der Waals surface area contributed by atoms with Crippen LogP contribution in [0, 0.1) is 0 Å². The summed E-state index contributed by atoms with van der Waals surface area (Å²) in [6.45, 7) is 3.86. The number of anilines is 1. The third-order valence-electron chi connectivity index (χ3n) is 4.37. The van der Waals surface area contributed by atoms with Crippen molar-refractivity contribution in [3.63, 3.8) is 0 Å². The summed E-state index contributed by atoms with van der Waals surface area (Å²) < 4.78 is 10.4. The number of nitrogens with one attached hydrogen (secondary N) is 1. The van der Waals surface area contributed by atoms with Gasteiger partial charge >= 0.3 is 5.69 Å². The smallest absolute Gasteiger partial charge is 0.332 e. The number of imidazole rings is 1. The van der Waals surface area contributed by atoms with Crippen LogP contribution in [0.3, 0.4) is 0 Å². The number of rotatable bonds is 5. The largest absolute Gasteiger partial charge is 0.496 e. The predicted molar refractivity (Wildman–Crippen MR) is 113 cm³/mol. The molecule has 3 rings (SSSR count). The fraction of sp³-hybridized carbons (Fsp3) is 0.333. The van der Waals surface area contributed by atoms with Crippen molar-refractivity contribution in [3.8, 4) is 5.75 Å². The van der Waals surface area contributed by atoms with Gasteiger partial charge in [0.05, 0.1) is 13.3 Å². The highest BCUT2D eigenvalue weighted by atomic mass is 79.9. The molecule has 1 N–H and O–H groups in total. The molecule has 0 aliphatic rings. The summed E-state index contributed by atoms with van der Waals surface area (Å²) in [6, 6.07) is 5.50. The fourth-order valence-electron chi connectivity index (χ4n) is 2.96. The normalized spacial score (nSPS) is 11.7. The Morgan fingerprint density at radius 2 is 1.96 bits per heavy atom. The number of hydrazone groups is 1. The molecule has 2 aromatic heterocycles. The third kappa shape index (κ3) is 3.35. The Kier molecular flexibility index (Phi) is 5.41. The first-order valence-electron chi connectivity index (χ1n) is 8.56. The lowest BCUT2D eigenvalue weighted by molar-refractivity contribution is 0.414. The lowest BCUT2D eigenvalue weighted by Gasteiger charge is -2.12. The standard InChI is InChI=1S/C18H21BrN6O3/c1-10(2)25-14-15(23(3)18(27)24(4)16(14)26)21-17(25)22-20-9-11-8-12(19)6-7-13(11)28-5/h6-10H,1-5H3,(H,21,22)/b20-9+. The zero-order valence-corrected chi connectivity index (χ0v) is 17.8. The number of ether oxygens (including phenoxy) is 1. The van der Waals surface area contributed by atoms with Gasteiger partial charge in [-0.15, -0.1) is 0 Å². The molecular weight excluding hydrogens is 428 g/mol. The monoisotopic (exact) mass is 448 g/mol. The van der Waals surface area contributed by atoms with Gasteiger partial charge in [-0.1, -0.05) is 15.9 Å². The van der Waals surface area contributed by atoms with E-state index < -0.39 is 11.2 Å². The zero-order valence-electron chi connectivity index (χ0n) is 16.2. The summed E-state index contributed by atoms with van der Waals surface area (Å²) in [5.74, 6) is 1.04. The van der Waals surface area contributed by atoms with E-state index in [2.05, 4.69) is 31.4 Å². The van der Waals surface area contributed by atoms with Gasteiger partial charge in [0.1, 0.15) is 5.75 Å². The van der Waals surface area contributed by atoms with Crippen LogP contribution in [-0.4, -0.2) is 32.0 Å². The molecule has 0 bridgehead atoms. The van der Waals surface area contributed by atoms with E-state index in [0.29, 0.717) is 22.9 Å². The molecule has 2 heterocycles. The summed E-state index contributed by atoms with van der Waals surface area (Å²) in [4.78, 5) is 29.3. The Hall–Kier alpha value is -2.88. The molecule has 0 fully saturated rings. The van der Waals surface area contributed by atoms with Crippen molar-refractivity contribution in [1.29, 1.82) is 0 Å². The molecule has 148 valence electrons. The van der Waals surface area contributed by atoms with Gasteiger partial charge in [-0.05, 0) is 32.0 Å². The van der Waals surface area contributed by atoms with E-state index in [4.69, 9.17) is 4.74 Å². The van der Waals surface area contributed by atoms with Gasteiger partial charge in [0.25, 0.3) is 5.56 Å². The van der Waals surface area contributed by atoms with Crippen molar-refractivity contribution in [2.24, 2.45) is 19.2 Å². The number of aryl methyl sites for hydroxylation is 1. The molecule has 0 aliphatic heterocycles. The number of halogens is 1. The topological polar surface area (TPSA) is 95.4 Å². The molecule has 0 radical (unpaired) electrons. The average Bonchev–Trinajstić information content (AvgIpc) is 3.05. The highest BCUT2D eigenvalue weighted by Crippen LogP contribution is 2.23. The van der Waals surface area contributed by atoms with Crippen molar-refractivity contribution in [2.45, 2.75) is 19.9 Å². The lowest BCUT2D eigenvalue weighted by atomic mass is 10.2. The zero-order chi connectivity index (χ0) is 20.6. The Bertz CT molecular complexity index is 1190. The number of hydrogen-bond acceptors (Lipinski definition) is 6. The summed E-state index contributed by atoms with van der Waals surface area (Å²) in [5, 5.41) is 4.25. The number of hydrogen-bond donors (Lipinski definition) is 1. The van der Waals surface area contributed by atoms with Crippen LogP contribution in [0.5, 0.6) is 5.75 Å². The van der Waals surface area contributed by atoms with Crippen molar-refractivity contribution in [3.05, 3.63) is 49.1 Å². The quantitative estimate of drug-likeness (QED) is 0.476. The molecule has 0 aliphatic carbocycles. The molecule has 3 aromatic rings. The fourth-order valence-corrected chi connectivity index (χ4v) is 3.34. The summed E-state index contributed by atoms with van der Waals surface area (Å²) in [5.41, 5.74) is 3.47. The maximum Gasteiger partial charge on any atom is 0.332 e. The van der Waals surface area contributed by atoms with E-state index in [-0.39, 0.29) is 6.04 Å². The molecule has 0 saturated heterocycles. The van der Waals surface area contributed by atoms with Crippen LogP contribution in [0.15, 0.2) is 37.4 Å². The molecule has 0 amide bonds. The molecule has 0 spiro atoms. The van der Waals surface area contributed by atoms with Crippen LogP contribution in [0.4, 0.5) is 5.95 Å². The number of aromatic nitrogens is 4. The van der Waals surface area contributed by atoms with E-state index in [1.807, 2.05) is 32.0 Å². The van der Waals surface area contributed by atoms with Crippen molar-refractivity contribution < 1.29 is 4.74 Å². The maximum absolute atomic E-state index is 12.7. The first kappa shape index (κ1) is 19.9. The number of nitrogens with zero attached hydrogens (tertiary/aromatic N) is 5. The van der Waals surface area contributed by atoms with E-state index in [1.54, 1.807) is 24.9 Å². The molecule has 0 saturated carbocycles. The second-order valence-corrected chi connectivity index (χ2v) is 7.45. The third-order valence-corrected chi connectivity index (χ3v) is 4.86. The molecule has 0 unspecified atom stereocenters. The lowest BCUT2D eigenvalue weighted by Crippen LogP contribution is -2.37. The molecule has 0 atom stereocenters. The van der Waals surface area contributed by atoms with Crippen LogP contribution in [0.1, 0.15) is 25.5 Å². The first-order chi connectivity index (χ1) is 13.3. The summed E-state index contributed by atoms with van der Waals surface area (Å²) in [6.07, 6.45) is 1.60. The van der Waals surface area contributed by atoms with Crippen LogP contribution >= 0.6 is 15.9 Å². The average molecular weight is 449 g/mol. The van der Waals surface area contributed by atoms with Gasteiger partial charge in [0, 0.05) is 30.2 Å². The van der Waals surface area contributed by atoms with E-state index in [1.165, 1.54) is 11.6 Å². The van der Waals surface area contributed by atoms with Gasteiger partial charge in [-0.2, -0.15) is 10.1 Å². The van der Waals surface area contributed by atoms with Crippen molar-refractivity contribution in [2.75, 3.05) is 12.5 Å². The Balaban J connectivity index is 2.09. The predicted octanol–water partition coefficient (Wildman–Crippen LogP) is 2.23. The van der Waals surface area contributed by atoms with Gasteiger partial charge < -0.3 is 9.30 Å². The summed E-state index contributed by atoms with van der Waals surface area (Å²) >= 11 is 3.42. The second kappa shape index (κ2) is 7.63. The van der Waals surface area contributed by atoms with Gasteiger partial charge in [0.15, 0.2) is 11.2 Å². The minimum absolute atomic E-state index is 0.0756. The molecule has 1 aromatic carbocycles. The number of fused-ring (bicyclic) bond motifs is 1. The van der Waals surface area contributed by atoms with E-state index in [0.717, 1.165) is 14.6 Å². The highest BCUT2D eigenvalue weighted by molar-refractivity contribution is 9.10. The SMILES string of the molecule is COc1ccc(Br)cc1/C=N/Nc1nc2c(c(=O)n(C)c(=O)n2C)n1C(C)C. The number of benzene rings is 1. The van der Waals surface area contributed by atoms with Gasteiger partial charge in [0.2, 0.25) is 5.95 Å². The first-order valence-corrected chi connectivity index (χ1v) is 9.36. The number of methoxy groups -OCH3 is 1. The van der Waals surface area contributed by atoms with Crippen LogP contribution in [0.2, 0.25) is 0 Å². The Labute approximate surface area is 169 Å². The van der Waals surface area contributed by atoms with E-state index in [9.17, 15) is 9.59 Å². The van der Waals surface area contributed by atoms with Gasteiger partial charge in [-0.25, -0.2) is 10.2 Å². The maximum atomic E-state index is 12.7. The molecule has 9 nitrogen and oxygen atoms in total. The van der Waals surface area contributed by atoms with Crippen LogP contribution < -0.4 is 21.4 Å². The summed E-state index contributed by atoms with van der Waals surface area (Å²) in [7, 11) is 4.62.